The van der Waals surface area contributed by atoms with Crippen LogP contribution in [0.5, 0.6) is 5.75 Å². The molecule has 0 amide bonds. The van der Waals surface area contributed by atoms with Crippen molar-refractivity contribution in [3.63, 3.8) is 0 Å². The maximum Gasteiger partial charge on any atom is 0.142 e. The Labute approximate surface area is 160 Å². The number of nitrogens with zero attached hydrogens (tertiary/aromatic N) is 3. The number of aryl methyl sites for hydroxylation is 1. The molecule has 2 N–H and O–H groups in total. The Morgan fingerprint density at radius 1 is 1.04 bits per heavy atom. The number of hydrogen-bond donors (Lipinski definition) is 2. The van der Waals surface area contributed by atoms with Gasteiger partial charge in [-0.05, 0) is 32.6 Å². The van der Waals surface area contributed by atoms with Crippen molar-refractivity contribution in [1.82, 2.24) is 25.4 Å². The van der Waals surface area contributed by atoms with Gasteiger partial charge in [-0.15, -0.1) is 0 Å². The zero-order chi connectivity index (χ0) is 19.1. The summed E-state index contributed by atoms with van der Waals surface area (Å²) >= 11 is 0. The molecule has 27 heavy (non-hydrogen) atoms. The topological polar surface area (TPSA) is 66.1 Å². The summed E-state index contributed by atoms with van der Waals surface area (Å²) in [4.78, 5) is 6.28. The standard InChI is InChI=1S/C21H27N5O/c1-16-4-6-17(7-5-16)21-19(14-24-25-21)13-23-12-18-8-9-22-15-20(18)27-11-10-26(2)3/h4-9,14-15,23H,10-13H2,1-3H3,(H,24,25). The molecule has 142 valence electrons. The average molecular weight is 365 g/mol. The number of rotatable bonds is 9. The number of nitrogens with one attached hydrogen (secondary N) is 2. The first-order chi connectivity index (χ1) is 13.1. The van der Waals surface area contributed by atoms with Crippen molar-refractivity contribution < 1.29 is 4.74 Å². The average Bonchev–Trinajstić information content (AvgIpc) is 3.12. The Kier molecular flexibility index (Phi) is 6.57. The van der Waals surface area contributed by atoms with Gasteiger partial charge in [-0.25, -0.2) is 0 Å². The summed E-state index contributed by atoms with van der Waals surface area (Å²) in [5.41, 5.74) is 5.69. The summed E-state index contributed by atoms with van der Waals surface area (Å²) in [6, 6.07) is 10.5. The van der Waals surface area contributed by atoms with Crippen molar-refractivity contribution in [3.8, 4) is 17.0 Å². The van der Waals surface area contributed by atoms with Gasteiger partial charge < -0.3 is 15.0 Å². The lowest BCUT2D eigenvalue weighted by Gasteiger charge is -2.14. The van der Waals surface area contributed by atoms with Crippen LogP contribution in [0.4, 0.5) is 0 Å². The predicted molar refractivity (Wildman–Crippen MR) is 108 cm³/mol. The molecule has 0 unspecified atom stereocenters. The van der Waals surface area contributed by atoms with Crippen LogP contribution in [0.15, 0.2) is 48.9 Å². The maximum absolute atomic E-state index is 5.88. The second kappa shape index (κ2) is 9.30. The molecule has 0 atom stereocenters. The highest BCUT2D eigenvalue weighted by molar-refractivity contribution is 5.62. The maximum atomic E-state index is 5.88. The van der Waals surface area contributed by atoms with E-state index in [-0.39, 0.29) is 0 Å². The molecular weight excluding hydrogens is 338 g/mol. The molecule has 3 aromatic rings. The minimum Gasteiger partial charge on any atom is -0.490 e. The van der Waals surface area contributed by atoms with Crippen LogP contribution in [0.2, 0.25) is 0 Å². The van der Waals surface area contributed by atoms with Crippen LogP contribution in [0.25, 0.3) is 11.3 Å². The van der Waals surface area contributed by atoms with Gasteiger partial charge in [0, 0.05) is 37.0 Å². The highest BCUT2D eigenvalue weighted by Gasteiger charge is 2.09. The summed E-state index contributed by atoms with van der Waals surface area (Å²) in [5.74, 6) is 0.831. The molecule has 0 fully saturated rings. The molecule has 6 nitrogen and oxygen atoms in total. The Balaban J connectivity index is 1.60. The number of aromatic nitrogens is 3. The molecule has 2 aromatic heterocycles. The molecule has 6 heteroatoms. The molecule has 0 aliphatic rings. The fraction of sp³-hybridized carbons (Fsp3) is 0.333. The van der Waals surface area contributed by atoms with Gasteiger partial charge in [0.15, 0.2) is 0 Å². The molecule has 0 aliphatic heterocycles. The second-order valence-corrected chi connectivity index (χ2v) is 6.87. The molecule has 3 rings (SSSR count). The minimum atomic E-state index is 0.644. The zero-order valence-electron chi connectivity index (χ0n) is 16.2. The molecule has 1 aromatic carbocycles. The lowest BCUT2D eigenvalue weighted by molar-refractivity contribution is 0.258. The fourth-order valence-electron chi connectivity index (χ4n) is 2.77. The van der Waals surface area contributed by atoms with Crippen LogP contribution in [0.3, 0.4) is 0 Å². The smallest absolute Gasteiger partial charge is 0.142 e. The molecule has 0 bridgehead atoms. The van der Waals surface area contributed by atoms with Crippen molar-refractivity contribution in [2.24, 2.45) is 0 Å². The largest absolute Gasteiger partial charge is 0.490 e. The quantitative estimate of drug-likeness (QED) is 0.610. The van der Waals surface area contributed by atoms with Gasteiger partial charge in [0.2, 0.25) is 0 Å². The van der Waals surface area contributed by atoms with Crippen LogP contribution in [0.1, 0.15) is 16.7 Å². The van der Waals surface area contributed by atoms with Gasteiger partial charge in [-0.3, -0.25) is 10.1 Å². The molecular formula is C21H27N5O. The first-order valence-electron chi connectivity index (χ1n) is 9.14. The highest BCUT2D eigenvalue weighted by atomic mass is 16.5. The normalized spacial score (nSPS) is 11.1. The van der Waals surface area contributed by atoms with E-state index in [1.165, 1.54) is 5.56 Å². The monoisotopic (exact) mass is 365 g/mol. The first-order valence-corrected chi connectivity index (χ1v) is 9.14. The van der Waals surface area contributed by atoms with Gasteiger partial charge >= 0.3 is 0 Å². The summed E-state index contributed by atoms with van der Waals surface area (Å²) in [7, 11) is 4.07. The first kappa shape index (κ1) is 19.1. The zero-order valence-corrected chi connectivity index (χ0v) is 16.2. The number of hydrogen-bond acceptors (Lipinski definition) is 5. The molecule has 0 aliphatic carbocycles. The molecule has 2 heterocycles. The van der Waals surface area contributed by atoms with E-state index < -0.39 is 0 Å². The third-order valence-corrected chi connectivity index (χ3v) is 4.36. The Bertz CT molecular complexity index is 842. The SMILES string of the molecule is Cc1ccc(-c2[nH]ncc2CNCc2ccncc2OCCN(C)C)cc1. The van der Waals surface area contributed by atoms with Crippen LogP contribution >= 0.6 is 0 Å². The van der Waals surface area contributed by atoms with Gasteiger partial charge in [-0.2, -0.15) is 5.10 Å². The number of ether oxygens (including phenoxy) is 1. The van der Waals surface area contributed by atoms with Crippen LogP contribution in [-0.4, -0.2) is 47.3 Å². The summed E-state index contributed by atoms with van der Waals surface area (Å²) in [5, 5.41) is 10.8. The second-order valence-electron chi connectivity index (χ2n) is 6.87. The fourth-order valence-corrected chi connectivity index (χ4v) is 2.77. The number of pyridine rings is 1. The van der Waals surface area contributed by atoms with E-state index in [2.05, 4.69) is 56.6 Å². The van der Waals surface area contributed by atoms with E-state index >= 15 is 0 Å². The number of likely N-dealkylation sites (N-methyl/N-ethyl adjacent to an activating group) is 1. The van der Waals surface area contributed by atoms with Crippen molar-refractivity contribution in [2.45, 2.75) is 20.0 Å². The molecule has 0 saturated heterocycles. The number of H-pyrrole nitrogens is 1. The van der Waals surface area contributed by atoms with E-state index in [1.54, 1.807) is 12.4 Å². The van der Waals surface area contributed by atoms with E-state index in [4.69, 9.17) is 4.74 Å². The van der Waals surface area contributed by atoms with E-state index in [0.29, 0.717) is 13.2 Å². The minimum absolute atomic E-state index is 0.644. The Morgan fingerprint density at radius 3 is 2.59 bits per heavy atom. The van der Waals surface area contributed by atoms with E-state index in [0.717, 1.165) is 41.2 Å². The van der Waals surface area contributed by atoms with Crippen molar-refractivity contribution in [3.05, 3.63) is 65.6 Å². The Hall–Kier alpha value is -2.70. The van der Waals surface area contributed by atoms with Crippen molar-refractivity contribution in [2.75, 3.05) is 27.2 Å². The summed E-state index contributed by atoms with van der Waals surface area (Å²) in [6.45, 7) is 5.03. The Morgan fingerprint density at radius 2 is 1.81 bits per heavy atom. The predicted octanol–water partition coefficient (Wildman–Crippen LogP) is 3.01. The van der Waals surface area contributed by atoms with Crippen molar-refractivity contribution in [1.29, 1.82) is 0 Å². The van der Waals surface area contributed by atoms with Gasteiger partial charge in [0.25, 0.3) is 0 Å². The number of benzene rings is 1. The van der Waals surface area contributed by atoms with Crippen LogP contribution in [-0.2, 0) is 13.1 Å². The van der Waals surface area contributed by atoms with Gasteiger partial charge in [0.1, 0.15) is 12.4 Å². The molecule has 0 spiro atoms. The van der Waals surface area contributed by atoms with E-state index in [1.807, 2.05) is 26.4 Å². The third-order valence-electron chi connectivity index (χ3n) is 4.36. The van der Waals surface area contributed by atoms with Gasteiger partial charge in [0.05, 0.1) is 18.1 Å². The molecule has 0 radical (unpaired) electrons. The lowest BCUT2D eigenvalue weighted by atomic mass is 10.1. The number of aromatic amines is 1. The van der Waals surface area contributed by atoms with Crippen LogP contribution < -0.4 is 10.1 Å². The summed E-state index contributed by atoms with van der Waals surface area (Å²) in [6.07, 6.45) is 5.46. The van der Waals surface area contributed by atoms with Crippen LogP contribution in [0, 0.1) is 6.92 Å². The van der Waals surface area contributed by atoms with Crippen molar-refractivity contribution >= 4 is 0 Å². The summed E-state index contributed by atoms with van der Waals surface area (Å²) < 4.78 is 5.88. The lowest BCUT2D eigenvalue weighted by Crippen LogP contribution is -2.20. The van der Waals surface area contributed by atoms with E-state index in [9.17, 15) is 0 Å². The molecule has 0 saturated carbocycles. The highest BCUT2D eigenvalue weighted by Crippen LogP contribution is 2.22. The third kappa shape index (κ3) is 5.39. The van der Waals surface area contributed by atoms with Gasteiger partial charge in [-0.1, -0.05) is 29.8 Å².